The normalized spacial score (nSPS) is 21.1. The predicted octanol–water partition coefficient (Wildman–Crippen LogP) is 2.25. The number of pyridine rings is 2. The Labute approximate surface area is 213 Å². The van der Waals surface area contributed by atoms with Gasteiger partial charge in [-0.1, -0.05) is 6.07 Å². The Morgan fingerprint density at radius 2 is 1.69 bits per heavy atom. The highest BCUT2D eigenvalue weighted by molar-refractivity contribution is 6.00. The van der Waals surface area contributed by atoms with Gasteiger partial charge in [0.1, 0.15) is 5.82 Å². The van der Waals surface area contributed by atoms with E-state index in [2.05, 4.69) is 24.8 Å². The summed E-state index contributed by atoms with van der Waals surface area (Å²) in [6.45, 7) is 7.34. The second-order valence-electron chi connectivity index (χ2n) is 10.0. The first-order valence-corrected chi connectivity index (χ1v) is 13.2. The molecular formula is C27H37N7O2. The van der Waals surface area contributed by atoms with E-state index in [0.717, 1.165) is 82.9 Å². The van der Waals surface area contributed by atoms with E-state index in [1.165, 1.54) is 5.56 Å². The van der Waals surface area contributed by atoms with Crippen molar-refractivity contribution in [1.29, 1.82) is 0 Å². The quantitative estimate of drug-likeness (QED) is 0.619. The molecule has 1 amide bonds. The van der Waals surface area contributed by atoms with Crippen molar-refractivity contribution in [3.8, 4) is 0 Å². The highest BCUT2D eigenvalue weighted by atomic mass is 16.5. The minimum absolute atomic E-state index is 0.123. The lowest BCUT2D eigenvalue weighted by molar-refractivity contribution is -0.138. The number of hydrazone groups is 1. The smallest absolute Gasteiger partial charge is 0.225 e. The number of ether oxygens (including phenoxy) is 1. The van der Waals surface area contributed by atoms with Crippen LogP contribution in [-0.2, 0) is 16.1 Å². The van der Waals surface area contributed by atoms with Crippen LogP contribution < -0.4 is 5.73 Å². The van der Waals surface area contributed by atoms with Crippen molar-refractivity contribution in [2.45, 2.75) is 32.2 Å². The molecule has 5 heterocycles. The van der Waals surface area contributed by atoms with Crippen LogP contribution >= 0.6 is 0 Å². The third-order valence-electron chi connectivity index (χ3n) is 7.55. The van der Waals surface area contributed by atoms with Crippen molar-refractivity contribution in [1.82, 2.24) is 24.8 Å². The average molecular weight is 492 g/mol. The molecule has 192 valence electrons. The highest BCUT2D eigenvalue weighted by Gasteiger charge is 2.33. The summed E-state index contributed by atoms with van der Waals surface area (Å²) in [5.74, 6) is 1.31. The molecule has 2 aromatic rings. The van der Waals surface area contributed by atoms with Crippen LogP contribution in [0.5, 0.6) is 0 Å². The molecule has 0 bridgehead atoms. The largest absolute Gasteiger partial charge is 0.384 e. The van der Waals surface area contributed by atoms with Crippen LogP contribution in [0, 0.1) is 11.8 Å². The molecule has 36 heavy (non-hydrogen) atoms. The second kappa shape index (κ2) is 11.8. The van der Waals surface area contributed by atoms with Gasteiger partial charge in [-0.15, -0.1) is 0 Å². The highest BCUT2D eigenvalue weighted by Crippen LogP contribution is 2.27. The molecule has 5 rings (SSSR count). The fraction of sp³-hybridized carbons (Fsp3) is 0.556. The van der Waals surface area contributed by atoms with Crippen molar-refractivity contribution < 1.29 is 9.53 Å². The Morgan fingerprint density at radius 1 is 0.944 bits per heavy atom. The molecule has 2 N–H and O–H groups in total. The zero-order valence-electron chi connectivity index (χ0n) is 21.0. The Kier molecular flexibility index (Phi) is 8.08. The SMILES string of the molecule is Nc1cc(CN2CCC(C(=O)N3CCC(/C(=N\N4CCOCC4)c4ccccn4)CC3)CC2)ccn1. The Balaban J connectivity index is 1.15. The number of hydrogen-bond acceptors (Lipinski definition) is 8. The van der Waals surface area contributed by atoms with Gasteiger partial charge in [0.25, 0.3) is 0 Å². The van der Waals surface area contributed by atoms with Gasteiger partial charge in [0.2, 0.25) is 5.91 Å². The van der Waals surface area contributed by atoms with Gasteiger partial charge >= 0.3 is 0 Å². The lowest BCUT2D eigenvalue weighted by atomic mass is 9.88. The first kappa shape index (κ1) is 24.6. The second-order valence-corrected chi connectivity index (χ2v) is 10.0. The van der Waals surface area contributed by atoms with E-state index in [0.29, 0.717) is 30.9 Å². The summed E-state index contributed by atoms with van der Waals surface area (Å²) < 4.78 is 5.49. The number of hydrogen-bond donors (Lipinski definition) is 1. The van der Waals surface area contributed by atoms with Crippen molar-refractivity contribution in [2.75, 3.05) is 58.2 Å². The maximum Gasteiger partial charge on any atom is 0.225 e. The van der Waals surface area contributed by atoms with E-state index in [4.69, 9.17) is 15.6 Å². The number of rotatable bonds is 6. The van der Waals surface area contributed by atoms with E-state index in [1.807, 2.05) is 36.5 Å². The van der Waals surface area contributed by atoms with Gasteiger partial charge < -0.3 is 15.4 Å². The predicted molar refractivity (Wildman–Crippen MR) is 139 cm³/mol. The van der Waals surface area contributed by atoms with Crippen LogP contribution in [0.2, 0.25) is 0 Å². The molecule has 3 aliphatic rings. The van der Waals surface area contributed by atoms with Gasteiger partial charge in [-0.25, -0.2) is 4.98 Å². The van der Waals surface area contributed by atoms with E-state index < -0.39 is 0 Å². The molecule has 0 saturated carbocycles. The fourth-order valence-electron chi connectivity index (χ4n) is 5.48. The van der Waals surface area contributed by atoms with E-state index in [-0.39, 0.29) is 5.92 Å². The number of likely N-dealkylation sites (tertiary alicyclic amines) is 2. The minimum atomic E-state index is 0.123. The van der Waals surface area contributed by atoms with Crippen molar-refractivity contribution in [2.24, 2.45) is 16.9 Å². The molecule has 0 atom stereocenters. The van der Waals surface area contributed by atoms with Crippen LogP contribution in [0.15, 0.2) is 47.8 Å². The standard InChI is InChI=1S/C27H37N7O2/c28-25-19-21(4-10-30-25)20-32-11-5-23(6-12-32)27(35)33-13-7-22(8-14-33)26(24-3-1-2-9-29-24)31-34-15-17-36-18-16-34/h1-4,9-10,19,22-23H,5-8,11-18,20H2,(H2,28,30)/b31-26+. The molecule has 3 fully saturated rings. The maximum atomic E-state index is 13.3. The lowest BCUT2D eigenvalue weighted by Gasteiger charge is -2.38. The molecule has 9 heteroatoms. The third kappa shape index (κ3) is 6.20. The number of aromatic nitrogens is 2. The van der Waals surface area contributed by atoms with E-state index in [9.17, 15) is 4.79 Å². The number of nitrogens with zero attached hydrogens (tertiary/aromatic N) is 6. The molecule has 0 aromatic carbocycles. The molecule has 0 aliphatic carbocycles. The molecule has 0 radical (unpaired) electrons. The Bertz CT molecular complexity index is 1030. The molecule has 2 aromatic heterocycles. The first-order valence-electron chi connectivity index (χ1n) is 13.2. The first-order chi connectivity index (χ1) is 17.7. The molecule has 9 nitrogen and oxygen atoms in total. The number of anilines is 1. The maximum absolute atomic E-state index is 13.3. The molecular weight excluding hydrogens is 454 g/mol. The van der Waals surface area contributed by atoms with E-state index >= 15 is 0 Å². The zero-order chi connectivity index (χ0) is 24.7. The van der Waals surface area contributed by atoms with Crippen LogP contribution in [-0.4, -0.2) is 88.9 Å². The summed E-state index contributed by atoms with van der Waals surface area (Å²) in [5.41, 5.74) is 8.99. The summed E-state index contributed by atoms with van der Waals surface area (Å²) in [4.78, 5) is 26.5. The van der Waals surface area contributed by atoms with Crippen LogP contribution in [0.25, 0.3) is 0 Å². The van der Waals surface area contributed by atoms with Crippen LogP contribution in [0.4, 0.5) is 5.82 Å². The molecule has 0 spiro atoms. The van der Waals surface area contributed by atoms with Gasteiger partial charge in [0.15, 0.2) is 0 Å². The fourth-order valence-corrected chi connectivity index (χ4v) is 5.48. The monoisotopic (exact) mass is 491 g/mol. The van der Waals surface area contributed by atoms with E-state index in [1.54, 1.807) is 6.20 Å². The zero-order valence-corrected chi connectivity index (χ0v) is 21.0. The van der Waals surface area contributed by atoms with Crippen molar-refractivity contribution in [3.63, 3.8) is 0 Å². The molecule has 3 saturated heterocycles. The minimum Gasteiger partial charge on any atom is -0.384 e. The lowest BCUT2D eigenvalue weighted by Crippen LogP contribution is -2.46. The molecule has 0 unspecified atom stereocenters. The summed E-state index contributed by atoms with van der Waals surface area (Å²) in [6.07, 6.45) is 7.27. The number of carbonyl (C=O) groups is 1. The number of carbonyl (C=O) groups excluding carboxylic acids is 1. The van der Waals surface area contributed by atoms with Crippen LogP contribution in [0.3, 0.4) is 0 Å². The summed E-state index contributed by atoms with van der Waals surface area (Å²) in [5, 5.41) is 7.13. The van der Waals surface area contributed by atoms with Crippen LogP contribution in [0.1, 0.15) is 36.9 Å². The summed E-state index contributed by atoms with van der Waals surface area (Å²) in [6, 6.07) is 9.95. The summed E-state index contributed by atoms with van der Waals surface area (Å²) >= 11 is 0. The topological polar surface area (TPSA) is 100 Å². The number of nitrogens with two attached hydrogens (primary N) is 1. The molecule has 3 aliphatic heterocycles. The third-order valence-corrected chi connectivity index (χ3v) is 7.55. The van der Waals surface area contributed by atoms with Gasteiger partial charge in [-0.3, -0.25) is 19.7 Å². The number of nitrogen functional groups attached to an aromatic ring is 1. The van der Waals surface area contributed by atoms with Gasteiger partial charge in [-0.05, 0) is 68.6 Å². The van der Waals surface area contributed by atoms with Gasteiger partial charge in [0.05, 0.1) is 37.7 Å². The van der Waals surface area contributed by atoms with Crippen molar-refractivity contribution >= 4 is 17.4 Å². The Morgan fingerprint density at radius 3 is 2.39 bits per heavy atom. The number of piperidine rings is 2. The van der Waals surface area contributed by atoms with Gasteiger partial charge in [0, 0.05) is 43.9 Å². The van der Waals surface area contributed by atoms with Gasteiger partial charge in [-0.2, -0.15) is 5.10 Å². The summed E-state index contributed by atoms with van der Waals surface area (Å²) in [7, 11) is 0. The number of morpholine rings is 1. The van der Waals surface area contributed by atoms with Crippen molar-refractivity contribution in [3.05, 3.63) is 54.0 Å². The average Bonchev–Trinajstić information content (AvgIpc) is 2.93. The Hall–Kier alpha value is -3.04. The number of amides is 1.